The average Bonchev–Trinajstić information content (AvgIpc) is 2.91. The van der Waals surface area contributed by atoms with Crippen LogP contribution in [0.15, 0.2) is 72.8 Å². The Labute approximate surface area is 223 Å². The number of nitrogens with zero attached hydrogens (tertiary/aromatic N) is 1. The fraction of sp³-hybridized carbons (Fsp3) is 0.344. The number of rotatable bonds is 5. The molecule has 3 aliphatic rings. The Kier molecular flexibility index (Phi) is 6.25. The summed E-state index contributed by atoms with van der Waals surface area (Å²) in [6.45, 7) is 1.36. The number of amides is 1. The predicted molar refractivity (Wildman–Crippen MR) is 147 cm³/mol. The van der Waals surface area contributed by atoms with E-state index in [0.29, 0.717) is 31.0 Å². The fourth-order valence-electron chi connectivity index (χ4n) is 6.97. The highest BCUT2D eigenvalue weighted by Gasteiger charge is 2.54. The molecule has 3 aromatic rings. The number of fused-ring (bicyclic) bond motifs is 1. The van der Waals surface area contributed by atoms with Crippen LogP contribution in [0.4, 0.5) is 0 Å². The minimum Gasteiger partial charge on any atom is -0.508 e. The molecule has 6 nitrogen and oxygen atoms in total. The second kappa shape index (κ2) is 9.61. The van der Waals surface area contributed by atoms with Crippen molar-refractivity contribution < 1.29 is 20.1 Å². The van der Waals surface area contributed by atoms with Gasteiger partial charge in [0.25, 0.3) is 5.91 Å². The first-order chi connectivity index (χ1) is 18.4. The number of carbonyl (C=O) groups is 1. The zero-order valence-corrected chi connectivity index (χ0v) is 21.6. The second-order valence-electron chi connectivity index (χ2n) is 11.1. The van der Waals surface area contributed by atoms with Gasteiger partial charge in [-0.25, -0.2) is 0 Å². The molecule has 3 aromatic carbocycles. The van der Waals surface area contributed by atoms with Crippen LogP contribution in [0.3, 0.4) is 0 Å². The molecule has 0 radical (unpaired) electrons. The molecule has 1 fully saturated rings. The number of carbonyl (C=O) groups excluding carboxylic acids is 1. The van der Waals surface area contributed by atoms with Gasteiger partial charge in [0.2, 0.25) is 0 Å². The van der Waals surface area contributed by atoms with Crippen LogP contribution >= 0.6 is 0 Å². The lowest BCUT2D eigenvalue weighted by molar-refractivity contribution is 0.0195. The molecule has 4 unspecified atom stereocenters. The van der Waals surface area contributed by atoms with E-state index >= 15 is 0 Å². The summed E-state index contributed by atoms with van der Waals surface area (Å²) in [5.41, 5.74) is 5.11. The number of likely N-dealkylation sites (N-methyl/N-ethyl adjacent to an activating group) is 1. The third-order valence-corrected chi connectivity index (χ3v) is 8.93. The van der Waals surface area contributed by atoms with E-state index in [4.69, 9.17) is 0 Å². The Morgan fingerprint density at radius 2 is 1.71 bits per heavy atom. The molecule has 0 spiro atoms. The molecule has 6 rings (SSSR count). The number of aliphatic hydroxyl groups excluding tert-OH is 1. The van der Waals surface area contributed by atoms with Gasteiger partial charge in [0.15, 0.2) is 0 Å². The van der Waals surface area contributed by atoms with E-state index in [0.717, 1.165) is 47.2 Å². The number of aliphatic hydroxyl groups is 1. The first-order valence-electron chi connectivity index (χ1n) is 13.4. The fourth-order valence-corrected chi connectivity index (χ4v) is 6.97. The highest BCUT2D eigenvalue weighted by atomic mass is 16.3. The van der Waals surface area contributed by atoms with Crippen molar-refractivity contribution in [2.45, 2.75) is 43.2 Å². The molecule has 1 heterocycles. The molecule has 4 N–H and O–H groups in total. The first kappa shape index (κ1) is 24.7. The number of benzene rings is 3. The van der Waals surface area contributed by atoms with E-state index in [1.54, 1.807) is 18.2 Å². The molecule has 2 bridgehead atoms. The van der Waals surface area contributed by atoms with Gasteiger partial charge in [0.1, 0.15) is 11.5 Å². The minimum atomic E-state index is -0.543. The molecular formula is C32H34N2O4. The lowest BCUT2D eigenvalue weighted by Gasteiger charge is -2.57. The van der Waals surface area contributed by atoms with Gasteiger partial charge >= 0.3 is 0 Å². The minimum absolute atomic E-state index is 0.0775. The van der Waals surface area contributed by atoms with Crippen LogP contribution in [0.1, 0.15) is 39.9 Å². The van der Waals surface area contributed by atoms with Crippen molar-refractivity contribution >= 4 is 5.91 Å². The number of likely N-dealkylation sites (tertiary alicyclic amines) is 1. The molecule has 1 aliphatic heterocycles. The van der Waals surface area contributed by atoms with Crippen molar-refractivity contribution in [3.05, 3.63) is 95.1 Å². The normalized spacial score (nSPS) is 25.9. The van der Waals surface area contributed by atoms with Gasteiger partial charge in [-0.1, -0.05) is 54.6 Å². The molecule has 0 aromatic heterocycles. The van der Waals surface area contributed by atoms with Gasteiger partial charge < -0.3 is 25.5 Å². The standard InChI is InChI=1S/C32H34N2O4/c1-34-17-15-32-19-25(36)11-13-27(32)28(34)18-23-8-12-26(30(37)29(23)32)31(38)33-16-14-20-2-4-21(5-3-20)22-6-9-24(35)10-7-22/h2-13,25,27-28,35-37H,14-19H2,1H3,(H,33,38). The molecule has 38 heavy (non-hydrogen) atoms. The van der Waals surface area contributed by atoms with E-state index < -0.39 is 6.10 Å². The summed E-state index contributed by atoms with van der Waals surface area (Å²) in [4.78, 5) is 15.6. The van der Waals surface area contributed by atoms with Gasteiger partial charge in [-0.05, 0) is 79.7 Å². The zero-order chi connectivity index (χ0) is 26.4. The lowest BCUT2D eigenvalue weighted by Crippen LogP contribution is -2.60. The summed E-state index contributed by atoms with van der Waals surface area (Å²) in [5, 5.41) is 34.5. The topological polar surface area (TPSA) is 93.0 Å². The number of piperidine rings is 1. The maximum absolute atomic E-state index is 13.2. The molecule has 2 aliphatic carbocycles. The van der Waals surface area contributed by atoms with Gasteiger partial charge in [-0.15, -0.1) is 0 Å². The summed E-state index contributed by atoms with van der Waals surface area (Å²) in [6.07, 6.45) is 6.40. The quantitative estimate of drug-likeness (QED) is 0.387. The largest absolute Gasteiger partial charge is 0.508 e. The number of nitrogens with one attached hydrogen (secondary N) is 1. The van der Waals surface area contributed by atoms with Crippen LogP contribution in [0.25, 0.3) is 11.1 Å². The van der Waals surface area contributed by atoms with E-state index in [1.165, 1.54) is 0 Å². The first-order valence-corrected chi connectivity index (χ1v) is 13.4. The summed E-state index contributed by atoms with van der Waals surface area (Å²) >= 11 is 0. The van der Waals surface area contributed by atoms with Crippen molar-refractivity contribution in [1.29, 1.82) is 0 Å². The second-order valence-corrected chi connectivity index (χ2v) is 11.1. The maximum Gasteiger partial charge on any atom is 0.255 e. The van der Waals surface area contributed by atoms with Crippen molar-refractivity contribution in [1.82, 2.24) is 10.2 Å². The van der Waals surface area contributed by atoms with E-state index in [1.807, 2.05) is 48.5 Å². The Bertz CT molecular complexity index is 1380. The van der Waals surface area contributed by atoms with Crippen molar-refractivity contribution in [3.63, 3.8) is 0 Å². The molecular weight excluding hydrogens is 476 g/mol. The zero-order valence-electron chi connectivity index (χ0n) is 21.6. The smallest absolute Gasteiger partial charge is 0.255 e. The van der Waals surface area contributed by atoms with Crippen molar-refractivity contribution in [3.8, 4) is 22.6 Å². The molecule has 1 saturated heterocycles. The van der Waals surface area contributed by atoms with Crippen LogP contribution < -0.4 is 5.32 Å². The van der Waals surface area contributed by atoms with Gasteiger partial charge in [-0.3, -0.25) is 4.79 Å². The summed E-state index contributed by atoms with van der Waals surface area (Å²) < 4.78 is 0. The van der Waals surface area contributed by atoms with Gasteiger partial charge in [0.05, 0.1) is 11.7 Å². The summed E-state index contributed by atoms with van der Waals surface area (Å²) in [7, 11) is 2.15. The van der Waals surface area contributed by atoms with E-state index in [-0.39, 0.29) is 28.7 Å². The number of hydrogen-bond acceptors (Lipinski definition) is 5. The maximum atomic E-state index is 13.2. The third kappa shape index (κ3) is 4.18. The predicted octanol–water partition coefficient (Wildman–Crippen LogP) is 4.17. The third-order valence-electron chi connectivity index (χ3n) is 8.93. The number of phenols is 2. The Hall–Kier alpha value is -3.61. The summed E-state index contributed by atoms with van der Waals surface area (Å²) in [5.74, 6) is 0.259. The Morgan fingerprint density at radius 3 is 2.45 bits per heavy atom. The SMILES string of the molecule is CN1CCC23CC(O)C=CC2C1Cc1ccc(C(=O)NCCc2ccc(-c4ccc(O)cc4)cc2)c(O)c13. The molecule has 1 amide bonds. The van der Waals surface area contributed by atoms with Crippen LogP contribution in [0.2, 0.25) is 0 Å². The number of hydrogen-bond donors (Lipinski definition) is 4. The number of aromatic hydroxyl groups is 2. The Morgan fingerprint density at radius 1 is 1.00 bits per heavy atom. The molecule has 196 valence electrons. The van der Waals surface area contributed by atoms with Crippen LogP contribution in [-0.4, -0.2) is 58.4 Å². The summed E-state index contributed by atoms with van der Waals surface area (Å²) in [6, 6.07) is 19.4. The van der Waals surface area contributed by atoms with Crippen LogP contribution in [0, 0.1) is 5.92 Å². The molecule has 6 heteroatoms. The number of phenolic OH excluding ortho intramolecular Hbond substituents is 2. The van der Waals surface area contributed by atoms with E-state index in [9.17, 15) is 20.1 Å². The highest BCUT2D eigenvalue weighted by Crippen LogP contribution is 2.56. The monoisotopic (exact) mass is 510 g/mol. The van der Waals surface area contributed by atoms with Crippen molar-refractivity contribution in [2.24, 2.45) is 5.92 Å². The highest BCUT2D eigenvalue weighted by molar-refractivity contribution is 5.97. The molecule has 4 atom stereocenters. The van der Waals surface area contributed by atoms with E-state index in [2.05, 4.69) is 23.3 Å². The van der Waals surface area contributed by atoms with Crippen LogP contribution in [-0.2, 0) is 18.3 Å². The Balaban J connectivity index is 1.18. The lowest BCUT2D eigenvalue weighted by atomic mass is 9.53. The van der Waals surface area contributed by atoms with Crippen molar-refractivity contribution in [2.75, 3.05) is 20.1 Å². The average molecular weight is 511 g/mol. The van der Waals surface area contributed by atoms with Gasteiger partial charge in [0, 0.05) is 29.5 Å². The van der Waals surface area contributed by atoms with Crippen LogP contribution in [0.5, 0.6) is 11.5 Å². The van der Waals surface area contributed by atoms with Gasteiger partial charge in [-0.2, -0.15) is 0 Å². The molecule has 0 saturated carbocycles.